The molecule has 1 unspecified atom stereocenters. The highest BCUT2D eigenvalue weighted by atomic mass is 35.7. The first-order chi connectivity index (χ1) is 8.28. The lowest BCUT2D eigenvalue weighted by atomic mass is 10.2. The number of nitro benzene ring substituents is 1. The Hall–Kier alpha value is -1.34. The van der Waals surface area contributed by atoms with Crippen LogP contribution in [0.3, 0.4) is 0 Å². The highest BCUT2D eigenvalue weighted by molar-refractivity contribution is 8.13. The average Bonchev–Trinajstić information content (AvgIpc) is 2.24. The molecule has 8 heteroatoms. The zero-order chi connectivity index (χ0) is 13.8. The second kappa shape index (κ2) is 6.01. The lowest BCUT2D eigenvalue weighted by Crippen LogP contribution is -2.16. The van der Waals surface area contributed by atoms with Crippen molar-refractivity contribution in [1.29, 1.82) is 0 Å². The minimum Gasteiger partial charge on any atom is -0.493 e. The molecule has 0 N–H and O–H groups in total. The predicted molar refractivity (Wildman–Crippen MR) is 67.4 cm³/mol. The van der Waals surface area contributed by atoms with Crippen LogP contribution in [0.4, 0.5) is 5.69 Å². The van der Waals surface area contributed by atoms with Gasteiger partial charge in [0.2, 0.25) is 9.05 Å². The van der Waals surface area contributed by atoms with E-state index in [1.165, 1.54) is 18.2 Å². The van der Waals surface area contributed by atoms with Crippen LogP contribution in [0.15, 0.2) is 24.3 Å². The van der Waals surface area contributed by atoms with Crippen molar-refractivity contribution >= 4 is 25.4 Å². The van der Waals surface area contributed by atoms with Crippen LogP contribution in [0, 0.1) is 16.0 Å². The van der Waals surface area contributed by atoms with Crippen molar-refractivity contribution in [3.05, 3.63) is 34.4 Å². The van der Waals surface area contributed by atoms with Crippen LogP contribution in [0.1, 0.15) is 6.92 Å². The van der Waals surface area contributed by atoms with E-state index in [9.17, 15) is 18.5 Å². The van der Waals surface area contributed by atoms with E-state index in [1.807, 2.05) is 0 Å². The van der Waals surface area contributed by atoms with Gasteiger partial charge in [0.25, 0.3) is 5.69 Å². The standard InChI is InChI=1S/C10H12ClNO5S/c1-8(7-18(11,15)16)6-17-10-4-2-3-9(5-10)12(13)14/h2-5,8H,6-7H2,1H3. The van der Waals surface area contributed by atoms with Crippen molar-refractivity contribution in [1.82, 2.24) is 0 Å². The normalized spacial score (nSPS) is 13.0. The number of rotatable bonds is 6. The summed E-state index contributed by atoms with van der Waals surface area (Å²) in [6, 6.07) is 5.69. The van der Waals surface area contributed by atoms with Crippen LogP contribution < -0.4 is 4.74 Å². The third-order valence-corrected chi connectivity index (χ3v) is 3.39. The quantitative estimate of drug-likeness (QED) is 0.456. The van der Waals surface area contributed by atoms with Crippen molar-refractivity contribution in [3.8, 4) is 5.75 Å². The summed E-state index contributed by atoms with van der Waals surface area (Å²) in [7, 11) is 1.54. The molecule has 0 radical (unpaired) electrons. The Kier molecular flexibility index (Phi) is 4.92. The monoisotopic (exact) mass is 293 g/mol. The van der Waals surface area contributed by atoms with E-state index in [-0.39, 0.29) is 24.0 Å². The zero-order valence-electron chi connectivity index (χ0n) is 9.58. The smallest absolute Gasteiger partial charge is 0.273 e. The van der Waals surface area contributed by atoms with Crippen molar-refractivity contribution in [3.63, 3.8) is 0 Å². The number of halogens is 1. The highest BCUT2D eigenvalue weighted by Crippen LogP contribution is 2.19. The largest absolute Gasteiger partial charge is 0.493 e. The number of benzene rings is 1. The first-order valence-electron chi connectivity index (χ1n) is 5.07. The molecule has 1 rings (SSSR count). The summed E-state index contributed by atoms with van der Waals surface area (Å²) >= 11 is 0. The lowest BCUT2D eigenvalue weighted by molar-refractivity contribution is -0.384. The lowest BCUT2D eigenvalue weighted by Gasteiger charge is -2.11. The van der Waals surface area contributed by atoms with Gasteiger partial charge >= 0.3 is 0 Å². The molecule has 0 bridgehead atoms. The predicted octanol–water partition coefficient (Wildman–Crippen LogP) is 2.18. The number of ether oxygens (including phenoxy) is 1. The van der Waals surface area contributed by atoms with E-state index in [0.29, 0.717) is 5.75 Å². The van der Waals surface area contributed by atoms with Gasteiger partial charge in [-0.3, -0.25) is 10.1 Å². The van der Waals surface area contributed by atoms with Crippen molar-refractivity contribution in [2.45, 2.75) is 6.92 Å². The second-order valence-corrected chi connectivity index (χ2v) is 6.70. The molecule has 0 heterocycles. The molecular formula is C10H12ClNO5S. The van der Waals surface area contributed by atoms with Gasteiger partial charge in [0.05, 0.1) is 23.3 Å². The van der Waals surface area contributed by atoms with Crippen LogP contribution >= 0.6 is 10.7 Å². The van der Waals surface area contributed by atoms with Gasteiger partial charge in [-0.25, -0.2) is 8.42 Å². The van der Waals surface area contributed by atoms with Gasteiger partial charge in [-0.15, -0.1) is 0 Å². The number of hydrogen-bond donors (Lipinski definition) is 0. The van der Waals surface area contributed by atoms with Gasteiger partial charge in [-0.05, 0) is 6.07 Å². The summed E-state index contributed by atoms with van der Waals surface area (Å²) in [5.41, 5.74) is -0.0786. The number of hydrogen-bond acceptors (Lipinski definition) is 5. The molecule has 0 saturated carbocycles. The zero-order valence-corrected chi connectivity index (χ0v) is 11.1. The molecule has 1 aromatic carbocycles. The second-order valence-electron chi connectivity index (χ2n) is 3.88. The van der Waals surface area contributed by atoms with Crippen LogP contribution in [-0.2, 0) is 9.05 Å². The van der Waals surface area contributed by atoms with E-state index < -0.39 is 14.0 Å². The van der Waals surface area contributed by atoms with E-state index in [1.54, 1.807) is 13.0 Å². The topological polar surface area (TPSA) is 86.5 Å². The third-order valence-electron chi connectivity index (χ3n) is 2.05. The summed E-state index contributed by atoms with van der Waals surface area (Å²) in [5, 5.41) is 10.5. The Morgan fingerprint density at radius 1 is 1.50 bits per heavy atom. The molecule has 6 nitrogen and oxygen atoms in total. The van der Waals surface area contributed by atoms with Crippen molar-refractivity contribution < 1.29 is 18.1 Å². The molecule has 0 amide bonds. The van der Waals surface area contributed by atoms with Gasteiger partial charge in [0.15, 0.2) is 0 Å². The minimum absolute atomic E-state index is 0.0786. The van der Waals surface area contributed by atoms with Crippen LogP contribution in [0.5, 0.6) is 5.75 Å². The fourth-order valence-electron chi connectivity index (χ4n) is 1.31. The van der Waals surface area contributed by atoms with E-state index in [2.05, 4.69) is 0 Å². The Bertz CT molecular complexity index is 531. The molecule has 1 aromatic rings. The molecule has 1 atom stereocenters. The molecule has 0 aliphatic rings. The summed E-state index contributed by atoms with van der Waals surface area (Å²) in [4.78, 5) is 10.0. The molecule has 0 aliphatic carbocycles. The molecule has 0 aliphatic heterocycles. The molecule has 18 heavy (non-hydrogen) atoms. The van der Waals surface area contributed by atoms with Crippen LogP contribution in [-0.4, -0.2) is 25.7 Å². The molecule has 0 saturated heterocycles. The maximum absolute atomic E-state index is 10.8. The maximum atomic E-state index is 10.8. The Labute approximate surface area is 109 Å². The van der Waals surface area contributed by atoms with Gasteiger partial charge in [-0.2, -0.15) is 0 Å². The van der Waals surface area contributed by atoms with Crippen molar-refractivity contribution in [2.75, 3.05) is 12.4 Å². The number of nitrogens with zero attached hydrogens (tertiary/aromatic N) is 1. The fourth-order valence-corrected chi connectivity index (χ4v) is 2.73. The Morgan fingerprint density at radius 3 is 2.72 bits per heavy atom. The Morgan fingerprint density at radius 2 is 2.17 bits per heavy atom. The number of nitro groups is 1. The summed E-state index contributed by atoms with van der Waals surface area (Å²) < 4.78 is 26.9. The van der Waals surface area contributed by atoms with Gasteiger partial charge in [-0.1, -0.05) is 13.0 Å². The highest BCUT2D eigenvalue weighted by Gasteiger charge is 2.14. The van der Waals surface area contributed by atoms with E-state index >= 15 is 0 Å². The molecule has 0 fully saturated rings. The third kappa shape index (κ3) is 5.33. The van der Waals surface area contributed by atoms with Crippen LogP contribution in [0.25, 0.3) is 0 Å². The average molecular weight is 294 g/mol. The van der Waals surface area contributed by atoms with Crippen LogP contribution in [0.2, 0.25) is 0 Å². The van der Waals surface area contributed by atoms with E-state index in [0.717, 1.165) is 0 Å². The SMILES string of the molecule is CC(COc1cccc([N+](=O)[O-])c1)CS(=O)(=O)Cl. The summed E-state index contributed by atoms with van der Waals surface area (Å²) in [6.07, 6.45) is 0. The van der Waals surface area contributed by atoms with Crippen molar-refractivity contribution in [2.24, 2.45) is 5.92 Å². The maximum Gasteiger partial charge on any atom is 0.273 e. The molecule has 0 aromatic heterocycles. The minimum atomic E-state index is -3.57. The fraction of sp³-hybridized carbons (Fsp3) is 0.400. The summed E-state index contributed by atoms with van der Waals surface area (Å²) in [5.74, 6) is -0.182. The number of non-ortho nitro benzene ring substituents is 1. The van der Waals surface area contributed by atoms with Gasteiger partial charge in [0.1, 0.15) is 5.75 Å². The first-order valence-corrected chi connectivity index (χ1v) is 7.55. The summed E-state index contributed by atoms with van der Waals surface area (Å²) in [6.45, 7) is 1.78. The Balaban J connectivity index is 2.58. The molecular weight excluding hydrogens is 282 g/mol. The first kappa shape index (κ1) is 14.7. The van der Waals surface area contributed by atoms with Gasteiger partial charge < -0.3 is 4.74 Å². The molecule has 0 spiro atoms. The van der Waals surface area contributed by atoms with Gasteiger partial charge in [0, 0.05) is 22.7 Å². The van der Waals surface area contributed by atoms with E-state index in [4.69, 9.17) is 15.4 Å². The molecule has 100 valence electrons.